The molecule has 0 saturated carbocycles. The summed E-state index contributed by atoms with van der Waals surface area (Å²) in [6.45, 7) is 4.84. The van der Waals surface area contributed by atoms with Gasteiger partial charge in [-0.2, -0.15) is 0 Å². The lowest BCUT2D eigenvalue weighted by Crippen LogP contribution is -2.43. The topological polar surface area (TPSA) is 67.9 Å². The molecule has 146 valence electrons. The zero-order valence-electron chi connectivity index (χ0n) is 16.1. The summed E-state index contributed by atoms with van der Waals surface area (Å²) in [5, 5.41) is 2.71. The molecule has 0 bridgehead atoms. The minimum absolute atomic E-state index is 0.0871. The molecule has 2 amide bonds. The lowest BCUT2D eigenvalue weighted by atomic mass is 10.2. The summed E-state index contributed by atoms with van der Waals surface area (Å²) >= 11 is 0. The van der Waals surface area contributed by atoms with Crippen LogP contribution in [0.25, 0.3) is 6.08 Å². The van der Waals surface area contributed by atoms with E-state index in [1.54, 1.807) is 29.2 Å². The number of amides is 2. The SMILES string of the molecule is CCN(CC1COc2ccccc2O1)C(=O)/C=C/c1ccc(NC(C)=O)cc1. The molecule has 0 spiro atoms. The highest BCUT2D eigenvalue weighted by Crippen LogP contribution is 2.31. The second kappa shape index (κ2) is 9.08. The predicted molar refractivity (Wildman–Crippen MR) is 108 cm³/mol. The van der Waals surface area contributed by atoms with Crippen molar-refractivity contribution in [2.24, 2.45) is 0 Å². The Bertz CT molecular complexity index is 861. The van der Waals surface area contributed by atoms with Crippen molar-refractivity contribution >= 4 is 23.6 Å². The van der Waals surface area contributed by atoms with Crippen LogP contribution in [0.3, 0.4) is 0 Å². The molecular weight excluding hydrogens is 356 g/mol. The van der Waals surface area contributed by atoms with Crippen LogP contribution in [0.2, 0.25) is 0 Å². The first-order chi connectivity index (χ1) is 13.5. The number of rotatable bonds is 6. The van der Waals surface area contributed by atoms with Gasteiger partial charge in [0.2, 0.25) is 11.8 Å². The van der Waals surface area contributed by atoms with Gasteiger partial charge < -0.3 is 19.7 Å². The summed E-state index contributed by atoms with van der Waals surface area (Å²) in [5.74, 6) is 1.23. The number of carbonyl (C=O) groups is 2. The van der Waals surface area contributed by atoms with Gasteiger partial charge in [-0.15, -0.1) is 0 Å². The maximum Gasteiger partial charge on any atom is 0.246 e. The van der Waals surface area contributed by atoms with Crippen molar-refractivity contribution < 1.29 is 19.1 Å². The summed E-state index contributed by atoms with van der Waals surface area (Å²) in [5.41, 5.74) is 1.60. The highest BCUT2D eigenvalue weighted by Gasteiger charge is 2.23. The highest BCUT2D eigenvalue weighted by molar-refractivity contribution is 5.92. The van der Waals surface area contributed by atoms with Crippen LogP contribution in [-0.2, 0) is 9.59 Å². The molecule has 1 atom stereocenters. The number of anilines is 1. The van der Waals surface area contributed by atoms with Crippen LogP contribution in [0.5, 0.6) is 11.5 Å². The quantitative estimate of drug-likeness (QED) is 0.781. The minimum Gasteiger partial charge on any atom is -0.486 e. The minimum atomic E-state index is -0.205. The Balaban J connectivity index is 1.57. The van der Waals surface area contributed by atoms with E-state index < -0.39 is 0 Å². The standard InChI is InChI=1S/C22H24N2O4/c1-3-24(14-19-15-27-20-6-4-5-7-21(20)28-19)22(26)13-10-17-8-11-18(12-9-17)23-16(2)25/h4-13,19H,3,14-15H2,1-2H3,(H,23,25)/b13-10+. The average Bonchev–Trinajstić information content (AvgIpc) is 2.70. The van der Waals surface area contributed by atoms with Crippen molar-refractivity contribution in [2.45, 2.75) is 20.0 Å². The van der Waals surface area contributed by atoms with E-state index in [4.69, 9.17) is 9.47 Å². The summed E-state index contributed by atoms with van der Waals surface area (Å²) in [6, 6.07) is 14.8. The zero-order valence-corrected chi connectivity index (χ0v) is 16.1. The Morgan fingerprint density at radius 3 is 2.54 bits per heavy atom. The summed E-state index contributed by atoms with van der Waals surface area (Å²) in [6.07, 6.45) is 3.11. The first-order valence-electron chi connectivity index (χ1n) is 9.28. The number of hydrogen-bond acceptors (Lipinski definition) is 4. The number of benzene rings is 2. The number of fused-ring (bicyclic) bond motifs is 1. The van der Waals surface area contributed by atoms with Crippen LogP contribution in [0.4, 0.5) is 5.69 Å². The molecule has 0 saturated heterocycles. The van der Waals surface area contributed by atoms with Gasteiger partial charge in [0.05, 0.1) is 6.54 Å². The number of nitrogens with one attached hydrogen (secondary N) is 1. The third kappa shape index (κ3) is 5.13. The molecule has 28 heavy (non-hydrogen) atoms. The molecule has 1 heterocycles. The van der Waals surface area contributed by atoms with E-state index in [9.17, 15) is 9.59 Å². The zero-order chi connectivity index (χ0) is 19.9. The number of likely N-dealkylation sites (N-methyl/N-ethyl adjacent to an activating group) is 1. The van der Waals surface area contributed by atoms with Crippen LogP contribution < -0.4 is 14.8 Å². The molecule has 0 aromatic heterocycles. The van der Waals surface area contributed by atoms with Gasteiger partial charge in [-0.1, -0.05) is 24.3 Å². The van der Waals surface area contributed by atoms with Gasteiger partial charge in [-0.05, 0) is 42.8 Å². The average molecular weight is 380 g/mol. The third-order valence-electron chi connectivity index (χ3n) is 4.33. The number of ether oxygens (including phenoxy) is 2. The van der Waals surface area contributed by atoms with Gasteiger partial charge in [-0.25, -0.2) is 0 Å². The number of para-hydroxylation sites is 2. The molecular formula is C22H24N2O4. The Hall–Kier alpha value is -3.28. The second-order valence-corrected chi connectivity index (χ2v) is 6.51. The molecule has 3 rings (SSSR count). The molecule has 0 aliphatic carbocycles. The van der Waals surface area contributed by atoms with E-state index in [2.05, 4.69) is 5.32 Å². The molecule has 2 aromatic carbocycles. The lowest BCUT2D eigenvalue weighted by molar-refractivity contribution is -0.127. The summed E-state index contributed by atoms with van der Waals surface area (Å²) < 4.78 is 11.7. The third-order valence-corrected chi connectivity index (χ3v) is 4.33. The van der Waals surface area contributed by atoms with Gasteiger partial charge >= 0.3 is 0 Å². The first kappa shape index (κ1) is 19.5. The van der Waals surface area contributed by atoms with E-state index in [1.807, 2.05) is 43.3 Å². The molecule has 1 aliphatic rings. The Kier molecular flexibility index (Phi) is 6.32. The molecule has 6 nitrogen and oxygen atoms in total. The van der Waals surface area contributed by atoms with Crippen molar-refractivity contribution in [1.29, 1.82) is 0 Å². The Morgan fingerprint density at radius 1 is 1.14 bits per heavy atom. The number of hydrogen-bond donors (Lipinski definition) is 1. The molecule has 1 N–H and O–H groups in total. The van der Waals surface area contributed by atoms with E-state index >= 15 is 0 Å². The van der Waals surface area contributed by atoms with Gasteiger partial charge in [0, 0.05) is 25.2 Å². The molecule has 2 aromatic rings. The van der Waals surface area contributed by atoms with Crippen molar-refractivity contribution in [2.75, 3.05) is 25.0 Å². The molecule has 0 fully saturated rings. The monoisotopic (exact) mass is 380 g/mol. The molecule has 1 unspecified atom stereocenters. The van der Waals surface area contributed by atoms with E-state index in [0.29, 0.717) is 25.4 Å². The predicted octanol–water partition coefficient (Wildman–Crippen LogP) is 3.35. The number of carbonyl (C=O) groups excluding carboxylic acids is 2. The van der Waals surface area contributed by atoms with Crippen molar-refractivity contribution in [3.05, 3.63) is 60.2 Å². The smallest absolute Gasteiger partial charge is 0.246 e. The van der Waals surface area contributed by atoms with Crippen LogP contribution in [0, 0.1) is 0 Å². The van der Waals surface area contributed by atoms with E-state index in [-0.39, 0.29) is 17.9 Å². The van der Waals surface area contributed by atoms with Gasteiger partial charge in [0.1, 0.15) is 6.61 Å². The number of nitrogens with zero attached hydrogens (tertiary/aromatic N) is 1. The largest absolute Gasteiger partial charge is 0.486 e. The van der Waals surface area contributed by atoms with Crippen molar-refractivity contribution in [3.8, 4) is 11.5 Å². The normalized spacial score (nSPS) is 15.3. The van der Waals surface area contributed by atoms with Crippen LogP contribution >= 0.6 is 0 Å². The van der Waals surface area contributed by atoms with Gasteiger partial charge in [-0.3, -0.25) is 9.59 Å². The Labute approximate surface area is 164 Å². The van der Waals surface area contributed by atoms with Crippen molar-refractivity contribution in [1.82, 2.24) is 4.90 Å². The molecule has 6 heteroatoms. The summed E-state index contributed by atoms with van der Waals surface area (Å²) in [4.78, 5) is 25.3. The maximum absolute atomic E-state index is 12.6. The first-order valence-corrected chi connectivity index (χ1v) is 9.28. The van der Waals surface area contributed by atoms with Crippen LogP contribution in [0.15, 0.2) is 54.6 Å². The van der Waals surface area contributed by atoms with Gasteiger partial charge in [0.25, 0.3) is 0 Å². The summed E-state index contributed by atoms with van der Waals surface area (Å²) in [7, 11) is 0. The fraction of sp³-hybridized carbons (Fsp3) is 0.273. The van der Waals surface area contributed by atoms with Crippen LogP contribution in [-0.4, -0.2) is 42.5 Å². The van der Waals surface area contributed by atoms with E-state index in [1.165, 1.54) is 6.92 Å². The fourth-order valence-electron chi connectivity index (χ4n) is 2.93. The molecule has 0 radical (unpaired) electrons. The Morgan fingerprint density at radius 2 is 1.86 bits per heavy atom. The van der Waals surface area contributed by atoms with Crippen LogP contribution in [0.1, 0.15) is 19.4 Å². The van der Waals surface area contributed by atoms with E-state index in [0.717, 1.165) is 17.0 Å². The highest BCUT2D eigenvalue weighted by atomic mass is 16.6. The fourth-order valence-corrected chi connectivity index (χ4v) is 2.93. The van der Waals surface area contributed by atoms with Gasteiger partial charge in [0.15, 0.2) is 17.6 Å². The maximum atomic E-state index is 12.6. The molecule has 1 aliphatic heterocycles. The van der Waals surface area contributed by atoms with Crippen molar-refractivity contribution in [3.63, 3.8) is 0 Å². The second-order valence-electron chi connectivity index (χ2n) is 6.51. The lowest BCUT2D eigenvalue weighted by Gasteiger charge is -2.30.